The normalized spacial score (nSPS) is 10.9. The maximum atomic E-state index is 10.7. The van der Waals surface area contributed by atoms with E-state index in [1.165, 1.54) is 23.9 Å². The molecule has 0 atom stereocenters. The minimum Gasteiger partial charge on any atom is -0.507 e. The number of pyridine rings is 2. The fraction of sp³-hybridized carbons (Fsp3) is 0.182. The summed E-state index contributed by atoms with van der Waals surface area (Å²) in [6.45, 7) is 9.89. The third-order valence-electron chi connectivity index (χ3n) is 6.62. The van der Waals surface area contributed by atoms with Crippen LogP contribution in [0, 0.1) is 19.9 Å². The van der Waals surface area contributed by atoms with Gasteiger partial charge in [0, 0.05) is 37.4 Å². The molecule has 3 aromatic heterocycles. The molecule has 1 N–H and O–H groups in total. The summed E-state index contributed by atoms with van der Waals surface area (Å²) in [7, 11) is 0. The van der Waals surface area contributed by atoms with Crippen LogP contribution in [0.25, 0.3) is 44.1 Å². The number of ketones is 1. The van der Waals surface area contributed by atoms with Crippen molar-refractivity contribution in [3.63, 3.8) is 0 Å². The van der Waals surface area contributed by atoms with Crippen molar-refractivity contribution in [2.45, 2.75) is 40.5 Å². The SMILES string of the molecule is CC(=O)c1ccccc1O.Cc1[c-]c(-c2nccc3cc(C(C)C)ccc23)c2oc3nc(C)ccc3c2c1.[Ir]. The average molecular weight is 694 g/mol. The molecule has 0 fully saturated rings. The van der Waals surface area contributed by atoms with Crippen molar-refractivity contribution >= 4 is 38.6 Å². The van der Waals surface area contributed by atoms with E-state index in [1.807, 2.05) is 19.2 Å². The Morgan fingerprint density at radius 1 is 0.949 bits per heavy atom. The van der Waals surface area contributed by atoms with Gasteiger partial charge in [-0.15, -0.1) is 17.7 Å². The molecule has 6 aromatic rings. The minimum absolute atomic E-state index is 0. The molecule has 1 radical (unpaired) electrons. The van der Waals surface area contributed by atoms with Crippen LogP contribution < -0.4 is 0 Å². The zero-order chi connectivity index (χ0) is 27.0. The van der Waals surface area contributed by atoms with Crippen molar-refractivity contribution in [2.24, 2.45) is 0 Å². The van der Waals surface area contributed by atoms with E-state index >= 15 is 0 Å². The number of rotatable bonds is 3. The van der Waals surface area contributed by atoms with Crippen molar-refractivity contribution in [1.29, 1.82) is 0 Å². The van der Waals surface area contributed by atoms with E-state index in [-0.39, 0.29) is 31.6 Å². The number of aryl methyl sites for hydroxylation is 2. The van der Waals surface area contributed by atoms with E-state index in [0.29, 0.717) is 17.2 Å². The van der Waals surface area contributed by atoms with Crippen molar-refractivity contribution in [3.05, 3.63) is 101 Å². The first kappa shape index (κ1) is 28.2. The maximum absolute atomic E-state index is 10.7. The molecule has 0 aliphatic heterocycles. The summed E-state index contributed by atoms with van der Waals surface area (Å²) in [6.07, 6.45) is 1.87. The van der Waals surface area contributed by atoms with Crippen LogP contribution in [0.1, 0.15) is 53.9 Å². The van der Waals surface area contributed by atoms with Gasteiger partial charge in [-0.1, -0.05) is 62.1 Å². The van der Waals surface area contributed by atoms with Crippen LogP contribution in [0.15, 0.2) is 77.3 Å². The number of phenols is 1. The van der Waals surface area contributed by atoms with Crippen LogP contribution in [-0.4, -0.2) is 20.9 Å². The molecule has 0 spiro atoms. The molecule has 6 heteroatoms. The molecule has 6 rings (SSSR count). The Kier molecular flexibility index (Phi) is 8.29. The second-order valence-electron chi connectivity index (χ2n) is 9.85. The molecule has 0 aliphatic rings. The fourth-order valence-corrected chi connectivity index (χ4v) is 4.62. The van der Waals surface area contributed by atoms with E-state index in [2.05, 4.69) is 68.2 Å². The molecule has 199 valence electrons. The van der Waals surface area contributed by atoms with Gasteiger partial charge in [-0.3, -0.25) is 4.79 Å². The number of Topliss-reactive ketones (excluding diaryl/α,β-unsaturated/α-hetero) is 1. The topological polar surface area (TPSA) is 76.2 Å². The molecular formula is C33H29IrN2O3-. The van der Waals surface area contributed by atoms with Crippen molar-refractivity contribution in [1.82, 2.24) is 9.97 Å². The number of hydrogen-bond acceptors (Lipinski definition) is 5. The smallest absolute Gasteiger partial charge is 0.216 e. The number of aromatic nitrogens is 2. The number of furan rings is 1. The molecule has 0 aliphatic carbocycles. The van der Waals surface area contributed by atoms with Gasteiger partial charge in [0.15, 0.2) is 5.78 Å². The maximum Gasteiger partial charge on any atom is 0.216 e. The predicted molar refractivity (Wildman–Crippen MR) is 153 cm³/mol. The Balaban J connectivity index is 0.000000273. The number of carbonyl (C=O) groups is 1. The first-order valence-corrected chi connectivity index (χ1v) is 12.6. The zero-order valence-corrected chi connectivity index (χ0v) is 24.9. The van der Waals surface area contributed by atoms with Crippen molar-refractivity contribution in [2.75, 3.05) is 0 Å². The minimum atomic E-state index is -0.113. The van der Waals surface area contributed by atoms with Crippen LogP contribution in [0.5, 0.6) is 5.75 Å². The Labute approximate surface area is 241 Å². The quantitative estimate of drug-likeness (QED) is 0.149. The first-order valence-electron chi connectivity index (χ1n) is 12.6. The number of phenolic OH excluding ortho intramolecular Hbond substituents is 1. The van der Waals surface area contributed by atoms with E-state index in [9.17, 15) is 4.79 Å². The Bertz CT molecular complexity index is 1820. The largest absolute Gasteiger partial charge is 0.507 e. The molecule has 0 unspecified atom stereocenters. The second-order valence-corrected chi connectivity index (χ2v) is 9.85. The van der Waals surface area contributed by atoms with E-state index < -0.39 is 0 Å². The number of benzene rings is 3. The van der Waals surface area contributed by atoms with E-state index in [4.69, 9.17) is 14.5 Å². The van der Waals surface area contributed by atoms with Crippen LogP contribution in [-0.2, 0) is 20.1 Å². The summed E-state index contributed by atoms with van der Waals surface area (Å²) in [5.74, 6) is 0.427. The van der Waals surface area contributed by atoms with Gasteiger partial charge in [0.05, 0.1) is 11.1 Å². The summed E-state index contributed by atoms with van der Waals surface area (Å²) in [4.78, 5) is 20.0. The van der Waals surface area contributed by atoms with Gasteiger partial charge in [0.1, 0.15) is 5.75 Å². The summed E-state index contributed by atoms with van der Waals surface area (Å²) in [5.41, 5.74) is 6.96. The molecule has 0 amide bonds. The Morgan fingerprint density at radius 3 is 2.38 bits per heavy atom. The van der Waals surface area contributed by atoms with Crippen LogP contribution in [0.4, 0.5) is 0 Å². The molecule has 3 heterocycles. The molecule has 0 saturated heterocycles. The fourth-order valence-electron chi connectivity index (χ4n) is 4.62. The summed E-state index contributed by atoms with van der Waals surface area (Å²) < 4.78 is 6.20. The van der Waals surface area contributed by atoms with E-state index in [0.717, 1.165) is 44.3 Å². The Morgan fingerprint density at radius 2 is 1.69 bits per heavy atom. The van der Waals surface area contributed by atoms with Crippen molar-refractivity contribution < 1.29 is 34.4 Å². The van der Waals surface area contributed by atoms with Gasteiger partial charge >= 0.3 is 0 Å². The number of fused-ring (bicyclic) bond motifs is 4. The van der Waals surface area contributed by atoms with Gasteiger partial charge in [0.2, 0.25) is 5.71 Å². The number of hydrogen-bond donors (Lipinski definition) is 1. The van der Waals surface area contributed by atoms with Gasteiger partial charge in [0.25, 0.3) is 0 Å². The van der Waals surface area contributed by atoms with Crippen LogP contribution in [0.2, 0.25) is 0 Å². The van der Waals surface area contributed by atoms with E-state index in [1.54, 1.807) is 18.2 Å². The predicted octanol–water partition coefficient (Wildman–Crippen LogP) is 8.33. The molecule has 0 bridgehead atoms. The number of carbonyl (C=O) groups excluding carboxylic acids is 1. The average Bonchev–Trinajstić information content (AvgIpc) is 3.25. The molecule has 0 saturated carbocycles. The number of aromatic hydroxyl groups is 1. The third-order valence-corrected chi connectivity index (χ3v) is 6.62. The standard InChI is InChI=1S/C25H21N2O.C8H8O2.Ir/c1-14(2)17-6-8-19-18(13-17)9-10-26-23(19)22-12-15(3)11-21-20-7-5-16(4)27-25(20)28-24(21)22;1-6(9)7-4-2-3-5-8(7)10;/h5-11,13-14H,1-4H3;2-5,10H,1H3;/q-1;;. The summed E-state index contributed by atoms with van der Waals surface area (Å²) in [6, 6.07) is 24.9. The third kappa shape index (κ3) is 5.63. The monoisotopic (exact) mass is 694 g/mol. The second kappa shape index (κ2) is 11.5. The van der Waals surface area contributed by atoms with Crippen LogP contribution >= 0.6 is 0 Å². The van der Waals surface area contributed by atoms with Gasteiger partial charge < -0.3 is 14.5 Å². The van der Waals surface area contributed by atoms with Gasteiger partial charge in [-0.05, 0) is 72.1 Å². The molecule has 3 aromatic carbocycles. The van der Waals surface area contributed by atoms with Crippen LogP contribution in [0.3, 0.4) is 0 Å². The van der Waals surface area contributed by atoms with Crippen molar-refractivity contribution in [3.8, 4) is 17.0 Å². The summed E-state index contributed by atoms with van der Waals surface area (Å²) >= 11 is 0. The number of nitrogens with zero attached hydrogens (tertiary/aromatic N) is 2. The summed E-state index contributed by atoms with van der Waals surface area (Å²) in [5, 5.41) is 13.4. The zero-order valence-electron chi connectivity index (χ0n) is 22.5. The number of para-hydroxylation sites is 1. The molecule has 5 nitrogen and oxygen atoms in total. The molecular weight excluding hydrogens is 665 g/mol. The van der Waals surface area contributed by atoms with Gasteiger partial charge in [-0.25, -0.2) is 4.98 Å². The Hall–Kier alpha value is -3.86. The molecule has 39 heavy (non-hydrogen) atoms. The first-order chi connectivity index (χ1) is 18.2. The van der Waals surface area contributed by atoms with Gasteiger partial charge in [-0.2, -0.15) is 0 Å².